The Kier molecular flexibility index (Phi) is 7.87. The molecule has 0 aliphatic carbocycles. The third-order valence-corrected chi connectivity index (χ3v) is 7.52. The predicted octanol–water partition coefficient (Wildman–Crippen LogP) is 5.56. The van der Waals surface area contributed by atoms with Crippen LogP contribution in [0.3, 0.4) is 0 Å². The van der Waals surface area contributed by atoms with Gasteiger partial charge in [0, 0.05) is 43.3 Å². The number of amides is 2. The molecule has 3 heterocycles. The van der Waals surface area contributed by atoms with Crippen molar-refractivity contribution >= 4 is 57.6 Å². The number of carbonyl (C=O) groups excluding carboxylic acids is 1. The molecule has 12 heteroatoms. The molecule has 0 spiro atoms. The monoisotopic (exact) mass is 587 g/mol. The van der Waals surface area contributed by atoms with E-state index in [1.165, 1.54) is 4.68 Å². The maximum atomic E-state index is 13.2. The van der Waals surface area contributed by atoms with Crippen molar-refractivity contribution in [2.45, 2.75) is 26.2 Å². The fourth-order valence-corrected chi connectivity index (χ4v) is 5.57. The molecule has 0 unspecified atom stereocenters. The Morgan fingerprint density at radius 2 is 1.69 bits per heavy atom. The summed E-state index contributed by atoms with van der Waals surface area (Å²) in [6.07, 6.45) is 0.363. The highest BCUT2D eigenvalue weighted by Gasteiger charge is 2.23. The minimum Gasteiger partial charge on any atom is -0.322 e. The number of aromatic nitrogens is 4. The Hall–Kier alpha value is -3.11. The number of hydrogen-bond donors (Lipinski definition) is 2. The van der Waals surface area contributed by atoms with Crippen LogP contribution in [0.15, 0.2) is 41.2 Å². The first kappa shape index (κ1) is 27.5. The molecule has 1 fully saturated rings. The molecule has 204 valence electrons. The fraction of sp³-hybridized carbons (Fsp3) is 0.333. The molecule has 2 N–H and O–H groups in total. The second kappa shape index (κ2) is 11.2. The van der Waals surface area contributed by atoms with E-state index in [0.29, 0.717) is 68.5 Å². The third kappa shape index (κ3) is 5.77. The number of nitrogens with one attached hydrogen (secondary N) is 2. The molecule has 0 saturated carbocycles. The zero-order valence-electron chi connectivity index (χ0n) is 21.8. The molecular weight excluding hydrogens is 561 g/mol. The van der Waals surface area contributed by atoms with E-state index in [1.807, 2.05) is 50.1 Å². The van der Waals surface area contributed by atoms with E-state index >= 15 is 0 Å². The number of H-pyrrole nitrogens is 1. The van der Waals surface area contributed by atoms with Crippen molar-refractivity contribution in [1.82, 2.24) is 29.5 Å². The summed E-state index contributed by atoms with van der Waals surface area (Å²) in [7, 11) is 2.05. The van der Waals surface area contributed by atoms with Gasteiger partial charge in [0.25, 0.3) is 5.56 Å². The molecule has 0 atom stereocenters. The fourth-order valence-electron chi connectivity index (χ4n) is 4.59. The van der Waals surface area contributed by atoms with Crippen molar-refractivity contribution in [3.8, 4) is 5.69 Å². The summed E-state index contributed by atoms with van der Waals surface area (Å²) in [4.78, 5) is 37.5. The van der Waals surface area contributed by atoms with Gasteiger partial charge in [0.2, 0.25) is 0 Å². The van der Waals surface area contributed by atoms with Gasteiger partial charge in [0.1, 0.15) is 16.9 Å². The summed E-state index contributed by atoms with van der Waals surface area (Å²) in [6.45, 7) is 7.02. The van der Waals surface area contributed by atoms with Gasteiger partial charge in [-0.15, -0.1) is 0 Å². The first-order valence-electron chi connectivity index (χ1n) is 12.6. The predicted molar refractivity (Wildman–Crippen MR) is 156 cm³/mol. The lowest BCUT2D eigenvalue weighted by Gasteiger charge is -2.32. The molecule has 1 aliphatic heterocycles. The molecule has 1 aliphatic rings. The van der Waals surface area contributed by atoms with Crippen LogP contribution in [-0.4, -0.2) is 68.8 Å². The topological polar surface area (TPSA) is 99.2 Å². The Morgan fingerprint density at radius 1 is 1.05 bits per heavy atom. The highest BCUT2D eigenvalue weighted by Crippen LogP contribution is 2.34. The van der Waals surface area contributed by atoms with Gasteiger partial charge >= 0.3 is 6.03 Å². The number of rotatable bonds is 5. The lowest BCUT2D eigenvalue weighted by Crippen LogP contribution is -2.48. The normalized spacial score (nSPS) is 14.4. The lowest BCUT2D eigenvalue weighted by molar-refractivity contribution is 0.164. The Morgan fingerprint density at radius 3 is 2.31 bits per heavy atom. The number of anilines is 1. The van der Waals surface area contributed by atoms with Crippen LogP contribution in [0.25, 0.3) is 16.7 Å². The number of hydrogen-bond acceptors (Lipinski definition) is 5. The van der Waals surface area contributed by atoms with Crippen LogP contribution in [-0.2, 0) is 6.42 Å². The number of urea groups is 1. The Labute approximate surface area is 240 Å². The number of piperazine rings is 1. The summed E-state index contributed by atoms with van der Waals surface area (Å²) < 4.78 is 1.52. The van der Waals surface area contributed by atoms with Crippen LogP contribution < -0.4 is 10.9 Å². The van der Waals surface area contributed by atoms with E-state index in [0.717, 1.165) is 18.7 Å². The summed E-state index contributed by atoms with van der Waals surface area (Å²) in [5.41, 5.74) is 2.68. The molecule has 9 nitrogen and oxygen atoms in total. The zero-order chi connectivity index (χ0) is 27.8. The van der Waals surface area contributed by atoms with Gasteiger partial charge in [-0.1, -0.05) is 60.8 Å². The molecule has 0 radical (unpaired) electrons. The highest BCUT2D eigenvalue weighted by molar-refractivity contribution is 6.40. The molecule has 5 rings (SSSR count). The smallest absolute Gasteiger partial charge is 0.321 e. The van der Waals surface area contributed by atoms with Crippen LogP contribution in [0.2, 0.25) is 15.1 Å². The summed E-state index contributed by atoms with van der Waals surface area (Å²) in [5.74, 6) is 0.417. The number of benzene rings is 2. The molecule has 1 saturated heterocycles. The average molecular weight is 589 g/mol. The van der Waals surface area contributed by atoms with Crippen LogP contribution in [0.5, 0.6) is 0 Å². The van der Waals surface area contributed by atoms with Crippen LogP contribution >= 0.6 is 34.8 Å². The van der Waals surface area contributed by atoms with Crippen molar-refractivity contribution in [3.05, 3.63) is 78.9 Å². The number of likely N-dealkylation sites (N-methyl/N-ethyl adjacent to an activating group) is 1. The van der Waals surface area contributed by atoms with Gasteiger partial charge in [-0.05, 0) is 42.8 Å². The standard InChI is InChI=1S/C27H28Cl3N7O2/c1-15(2)23-22-25(37(34-23)24-19(29)13-17(28)14-20(24)30)32-21(33-26(22)38)12-16-4-6-18(7-5-16)31-27(39)36-10-8-35(3)9-11-36/h4-7,13-15H,8-12H2,1-3H3,(H,31,39)(H,32,33,38). The molecule has 2 aromatic carbocycles. The molecule has 4 aromatic rings. The maximum Gasteiger partial charge on any atom is 0.321 e. The van der Waals surface area contributed by atoms with E-state index in [-0.39, 0.29) is 17.5 Å². The molecule has 39 heavy (non-hydrogen) atoms. The van der Waals surface area contributed by atoms with Gasteiger partial charge in [0.15, 0.2) is 5.65 Å². The largest absolute Gasteiger partial charge is 0.322 e. The second-order valence-corrected chi connectivity index (χ2v) is 11.2. The van der Waals surface area contributed by atoms with Gasteiger partial charge in [-0.2, -0.15) is 5.10 Å². The number of nitrogens with zero attached hydrogens (tertiary/aromatic N) is 5. The maximum absolute atomic E-state index is 13.2. The molecule has 2 aromatic heterocycles. The van der Waals surface area contributed by atoms with E-state index in [2.05, 4.69) is 20.3 Å². The third-order valence-electron chi connectivity index (χ3n) is 6.72. The first-order chi connectivity index (χ1) is 18.6. The van der Waals surface area contributed by atoms with E-state index in [1.54, 1.807) is 12.1 Å². The minimum absolute atomic E-state index is 0.0408. The summed E-state index contributed by atoms with van der Waals surface area (Å²) in [6, 6.07) is 10.5. The first-order valence-corrected chi connectivity index (χ1v) is 13.7. The van der Waals surface area contributed by atoms with Crippen molar-refractivity contribution < 1.29 is 4.79 Å². The number of halogens is 3. The summed E-state index contributed by atoms with van der Waals surface area (Å²) >= 11 is 19.1. The number of aromatic amines is 1. The minimum atomic E-state index is -0.290. The zero-order valence-corrected chi connectivity index (χ0v) is 24.0. The molecular formula is C27H28Cl3N7O2. The van der Waals surface area contributed by atoms with Crippen LogP contribution in [0, 0.1) is 0 Å². The average Bonchev–Trinajstić information content (AvgIpc) is 3.25. The Balaban J connectivity index is 1.43. The molecule has 2 amide bonds. The summed E-state index contributed by atoms with van der Waals surface area (Å²) in [5, 5.41) is 9.00. The van der Waals surface area contributed by atoms with Crippen molar-refractivity contribution in [1.29, 1.82) is 0 Å². The molecule has 0 bridgehead atoms. The lowest BCUT2D eigenvalue weighted by atomic mass is 10.1. The van der Waals surface area contributed by atoms with E-state index < -0.39 is 0 Å². The van der Waals surface area contributed by atoms with Crippen LogP contribution in [0.1, 0.15) is 36.8 Å². The van der Waals surface area contributed by atoms with Crippen LogP contribution in [0.4, 0.5) is 10.5 Å². The van der Waals surface area contributed by atoms with Crippen molar-refractivity contribution in [2.75, 3.05) is 38.5 Å². The number of carbonyl (C=O) groups is 1. The highest BCUT2D eigenvalue weighted by atomic mass is 35.5. The SMILES string of the molecule is CC(C)c1nn(-c2c(Cl)cc(Cl)cc2Cl)c2nc(Cc3ccc(NC(=O)N4CCN(C)CC4)cc3)[nH]c(=O)c12. The van der Waals surface area contributed by atoms with Gasteiger partial charge < -0.3 is 20.1 Å². The van der Waals surface area contributed by atoms with E-state index in [4.69, 9.17) is 39.8 Å². The second-order valence-electron chi connectivity index (χ2n) is 9.98. The number of fused-ring (bicyclic) bond motifs is 1. The van der Waals surface area contributed by atoms with Gasteiger partial charge in [-0.3, -0.25) is 4.79 Å². The van der Waals surface area contributed by atoms with Gasteiger partial charge in [0.05, 0.1) is 15.7 Å². The van der Waals surface area contributed by atoms with Crippen molar-refractivity contribution in [3.63, 3.8) is 0 Å². The quantitative estimate of drug-likeness (QED) is 0.318. The van der Waals surface area contributed by atoms with E-state index in [9.17, 15) is 9.59 Å². The van der Waals surface area contributed by atoms with Crippen molar-refractivity contribution in [2.24, 2.45) is 0 Å². The van der Waals surface area contributed by atoms with Gasteiger partial charge in [-0.25, -0.2) is 14.5 Å². The Bertz CT molecular complexity index is 1570.